The molecule has 1 heterocycles. The Labute approximate surface area is 121 Å². The van der Waals surface area contributed by atoms with Gasteiger partial charge in [0.05, 0.1) is 13.1 Å². The van der Waals surface area contributed by atoms with Gasteiger partial charge in [-0.15, -0.1) is 0 Å². The van der Waals surface area contributed by atoms with E-state index in [0.717, 1.165) is 0 Å². The van der Waals surface area contributed by atoms with Gasteiger partial charge in [0, 0.05) is 18.0 Å². The Morgan fingerprint density at radius 1 is 1.24 bits per heavy atom. The van der Waals surface area contributed by atoms with Gasteiger partial charge in [-0.1, -0.05) is 0 Å². The van der Waals surface area contributed by atoms with Crippen molar-refractivity contribution in [1.82, 2.24) is 20.9 Å². The maximum Gasteiger partial charge on any atom is 0.251 e. The Bertz CT molecular complexity index is 518. The predicted molar refractivity (Wildman–Crippen MR) is 73.2 cm³/mol. The third-order valence-electron chi connectivity index (χ3n) is 2.48. The maximum absolute atomic E-state index is 11.7. The van der Waals surface area contributed by atoms with E-state index >= 15 is 0 Å². The molecular formula is C13H16N4O4. The number of nitrogens with zero attached hydrogens (tertiary/aromatic N) is 1. The van der Waals surface area contributed by atoms with Gasteiger partial charge in [0.2, 0.25) is 11.8 Å². The highest BCUT2D eigenvalue weighted by Crippen LogP contribution is 1.94. The summed E-state index contributed by atoms with van der Waals surface area (Å²) in [4.78, 5) is 48.6. The Kier molecular flexibility index (Phi) is 6.52. The molecule has 0 bridgehead atoms. The molecule has 0 saturated carbocycles. The molecule has 3 amide bonds. The van der Waals surface area contributed by atoms with Gasteiger partial charge in [0.25, 0.3) is 5.91 Å². The number of nitrogens with one attached hydrogen (secondary N) is 3. The Hall–Kier alpha value is -2.77. The van der Waals surface area contributed by atoms with Crippen molar-refractivity contribution in [2.45, 2.75) is 13.0 Å². The molecule has 112 valence electrons. The van der Waals surface area contributed by atoms with E-state index in [2.05, 4.69) is 20.9 Å². The van der Waals surface area contributed by atoms with E-state index in [9.17, 15) is 19.2 Å². The molecule has 3 N–H and O–H groups in total. The first-order chi connectivity index (χ1) is 10.0. The van der Waals surface area contributed by atoms with Gasteiger partial charge >= 0.3 is 0 Å². The van der Waals surface area contributed by atoms with E-state index in [1.54, 1.807) is 0 Å². The van der Waals surface area contributed by atoms with Crippen molar-refractivity contribution in [3.8, 4) is 0 Å². The highest BCUT2D eigenvalue weighted by Gasteiger charge is 2.15. The highest BCUT2D eigenvalue weighted by atomic mass is 16.2. The van der Waals surface area contributed by atoms with Crippen LogP contribution in [0.1, 0.15) is 17.3 Å². The van der Waals surface area contributed by atoms with Crippen LogP contribution in [0.4, 0.5) is 0 Å². The molecule has 0 spiro atoms. The Morgan fingerprint density at radius 2 is 1.90 bits per heavy atom. The van der Waals surface area contributed by atoms with E-state index in [4.69, 9.17) is 0 Å². The molecule has 0 aromatic carbocycles. The van der Waals surface area contributed by atoms with E-state index in [1.807, 2.05) is 0 Å². The van der Waals surface area contributed by atoms with Gasteiger partial charge < -0.3 is 20.7 Å². The van der Waals surface area contributed by atoms with Crippen LogP contribution in [0.15, 0.2) is 24.5 Å². The highest BCUT2D eigenvalue weighted by molar-refractivity contribution is 5.97. The van der Waals surface area contributed by atoms with Crippen molar-refractivity contribution in [1.29, 1.82) is 0 Å². The number of carbonyl (C=O) groups is 4. The average Bonchev–Trinajstić information content (AvgIpc) is 2.50. The van der Waals surface area contributed by atoms with Crippen molar-refractivity contribution < 1.29 is 19.2 Å². The van der Waals surface area contributed by atoms with Crippen LogP contribution in [-0.4, -0.2) is 48.1 Å². The number of pyridine rings is 1. The molecule has 1 aromatic heterocycles. The lowest BCUT2D eigenvalue weighted by molar-refractivity contribution is -0.128. The summed E-state index contributed by atoms with van der Waals surface area (Å²) in [5.74, 6) is -1.40. The van der Waals surface area contributed by atoms with Crippen LogP contribution < -0.4 is 16.0 Å². The number of hydrogen-bond donors (Lipinski definition) is 3. The van der Waals surface area contributed by atoms with Crippen LogP contribution in [0.2, 0.25) is 0 Å². The molecule has 1 aromatic rings. The number of hydrogen-bond acceptors (Lipinski definition) is 5. The van der Waals surface area contributed by atoms with Crippen molar-refractivity contribution in [2.75, 3.05) is 13.1 Å². The standard InChI is InChI=1S/C13H16N4O4/c1-9(12(20)15-6-7-18)17-11(19)8-16-13(21)10-2-4-14-5-3-10/h2-5,7,9H,6,8H2,1H3,(H,15,20)(H,16,21)(H,17,19). The minimum absolute atomic E-state index is 0.113. The maximum atomic E-state index is 11.7. The van der Waals surface area contributed by atoms with E-state index in [0.29, 0.717) is 11.8 Å². The molecule has 1 rings (SSSR count). The first-order valence-electron chi connectivity index (χ1n) is 6.23. The second-order valence-electron chi connectivity index (χ2n) is 4.12. The third kappa shape index (κ3) is 5.81. The SMILES string of the molecule is CC(NC(=O)CNC(=O)c1ccncc1)C(=O)NCC=O. The molecule has 0 radical (unpaired) electrons. The number of amides is 3. The van der Waals surface area contributed by atoms with Crippen LogP contribution in [0.3, 0.4) is 0 Å². The molecule has 0 aliphatic rings. The van der Waals surface area contributed by atoms with Gasteiger partial charge in [-0.25, -0.2) is 0 Å². The zero-order chi connectivity index (χ0) is 15.7. The molecule has 0 saturated heterocycles. The average molecular weight is 292 g/mol. The number of carbonyl (C=O) groups excluding carboxylic acids is 4. The van der Waals surface area contributed by atoms with Gasteiger partial charge in [0.15, 0.2) is 0 Å². The molecule has 0 aliphatic heterocycles. The fourth-order valence-electron chi connectivity index (χ4n) is 1.42. The first-order valence-corrected chi connectivity index (χ1v) is 6.23. The van der Waals surface area contributed by atoms with Crippen molar-refractivity contribution in [2.24, 2.45) is 0 Å². The predicted octanol–water partition coefficient (Wildman–Crippen LogP) is -1.37. The van der Waals surface area contributed by atoms with Crippen molar-refractivity contribution in [3.05, 3.63) is 30.1 Å². The number of aldehydes is 1. The summed E-state index contributed by atoms with van der Waals surface area (Å²) in [7, 11) is 0. The minimum Gasteiger partial charge on any atom is -0.348 e. The number of rotatable bonds is 7. The minimum atomic E-state index is -0.796. The summed E-state index contributed by atoms with van der Waals surface area (Å²) in [6.45, 7) is 1.10. The molecule has 1 atom stereocenters. The molecule has 8 heteroatoms. The topological polar surface area (TPSA) is 117 Å². The van der Waals surface area contributed by atoms with Crippen LogP contribution in [0.5, 0.6) is 0 Å². The van der Waals surface area contributed by atoms with Crippen LogP contribution in [-0.2, 0) is 14.4 Å². The summed E-state index contributed by atoms with van der Waals surface area (Å²) < 4.78 is 0. The number of aromatic nitrogens is 1. The first kappa shape index (κ1) is 16.3. The summed E-state index contributed by atoms with van der Waals surface area (Å²) in [6.07, 6.45) is 3.48. The second-order valence-corrected chi connectivity index (χ2v) is 4.12. The molecular weight excluding hydrogens is 276 g/mol. The van der Waals surface area contributed by atoms with Crippen molar-refractivity contribution >= 4 is 24.0 Å². The van der Waals surface area contributed by atoms with E-state index in [-0.39, 0.29) is 13.1 Å². The largest absolute Gasteiger partial charge is 0.348 e. The lowest BCUT2D eigenvalue weighted by Gasteiger charge is -2.13. The quantitative estimate of drug-likeness (QED) is 0.536. The summed E-state index contributed by atoms with van der Waals surface area (Å²) in [6, 6.07) is 2.24. The molecule has 1 unspecified atom stereocenters. The lowest BCUT2D eigenvalue weighted by Crippen LogP contribution is -2.48. The lowest BCUT2D eigenvalue weighted by atomic mass is 10.2. The molecule has 8 nitrogen and oxygen atoms in total. The smallest absolute Gasteiger partial charge is 0.251 e. The molecule has 21 heavy (non-hydrogen) atoms. The van der Waals surface area contributed by atoms with Crippen molar-refractivity contribution in [3.63, 3.8) is 0 Å². The van der Waals surface area contributed by atoms with E-state index in [1.165, 1.54) is 31.5 Å². The van der Waals surface area contributed by atoms with Crippen LogP contribution in [0.25, 0.3) is 0 Å². The van der Waals surface area contributed by atoms with Crippen LogP contribution >= 0.6 is 0 Å². The normalized spacial score (nSPS) is 11.1. The van der Waals surface area contributed by atoms with E-state index < -0.39 is 23.8 Å². The fraction of sp³-hybridized carbons (Fsp3) is 0.308. The zero-order valence-corrected chi connectivity index (χ0v) is 11.5. The summed E-state index contributed by atoms with van der Waals surface area (Å²) >= 11 is 0. The summed E-state index contributed by atoms with van der Waals surface area (Å²) in [5.41, 5.74) is 0.384. The van der Waals surface area contributed by atoms with Gasteiger partial charge in [-0.2, -0.15) is 0 Å². The monoisotopic (exact) mass is 292 g/mol. The fourth-order valence-corrected chi connectivity index (χ4v) is 1.42. The zero-order valence-electron chi connectivity index (χ0n) is 11.5. The third-order valence-corrected chi connectivity index (χ3v) is 2.48. The Balaban J connectivity index is 2.35. The summed E-state index contributed by atoms with van der Waals surface area (Å²) in [5, 5.41) is 7.13. The Morgan fingerprint density at radius 3 is 2.52 bits per heavy atom. The molecule has 0 aliphatic carbocycles. The van der Waals surface area contributed by atoms with Crippen LogP contribution in [0, 0.1) is 0 Å². The second kappa shape index (κ2) is 8.41. The van der Waals surface area contributed by atoms with Gasteiger partial charge in [-0.05, 0) is 19.1 Å². The van der Waals surface area contributed by atoms with Gasteiger partial charge in [0.1, 0.15) is 12.3 Å². The van der Waals surface area contributed by atoms with Gasteiger partial charge in [-0.3, -0.25) is 19.4 Å². The molecule has 0 fully saturated rings.